The molecule has 9 aromatic rings. The molecule has 14 rings (SSSR count). The van der Waals surface area contributed by atoms with Crippen molar-refractivity contribution in [1.82, 2.24) is 15.0 Å². The van der Waals surface area contributed by atoms with Crippen LogP contribution in [0.25, 0.3) is 0 Å². The van der Waals surface area contributed by atoms with Gasteiger partial charge >= 0.3 is 147 Å². The van der Waals surface area contributed by atoms with Gasteiger partial charge in [0.2, 0.25) is 0 Å². The molecule has 0 radical (unpaired) electrons. The largest absolute Gasteiger partial charge is 0.502 e. The molecule has 7 nitrogen and oxygen atoms in total. The van der Waals surface area contributed by atoms with Gasteiger partial charge < -0.3 is 19.6 Å². The molecule has 6 aromatic carbocycles. The summed E-state index contributed by atoms with van der Waals surface area (Å²) in [4.78, 5) is 20.9. The Labute approximate surface area is 652 Å². The van der Waals surface area contributed by atoms with Gasteiger partial charge in [-0.3, -0.25) is 15.0 Å². The smallest absolute Gasteiger partial charge is 0.00858 e. The van der Waals surface area contributed by atoms with E-state index in [0.717, 1.165) is 50.7 Å². The third kappa shape index (κ3) is 31.0. The van der Waals surface area contributed by atoms with Gasteiger partial charge in [-0.25, -0.2) is 0 Å². The monoisotopic (exact) mass is 1810 g/mol. The van der Waals surface area contributed by atoms with E-state index in [1.807, 2.05) is 106 Å². The summed E-state index contributed by atoms with van der Waals surface area (Å²) < 4.78 is 6.92. The zero-order valence-corrected chi connectivity index (χ0v) is 71.0. The number of hydrogen-bond donors (Lipinski definition) is 0. The van der Waals surface area contributed by atoms with E-state index in [0.29, 0.717) is 0 Å². The molecule has 5 heterocycles. The summed E-state index contributed by atoms with van der Waals surface area (Å²) in [5.74, 6) is 0. The minimum Gasteiger partial charge on any atom is -0.502 e. The average molecular weight is 1810 g/mol. The van der Waals surface area contributed by atoms with Crippen LogP contribution in [0.15, 0.2) is 233 Å². The van der Waals surface area contributed by atoms with Crippen LogP contribution in [0.5, 0.6) is 0 Å². The quantitative estimate of drug-likeness (QED) is 0.0811. The van der Waals surface area contributed by atoms with E-state index in [1.165, 1.54) is 73.1 Å². The fourth-order valence-corrected chi connectivity index (χ4v) is 23.5. The molecular weight excluding hydrogens is 1710 g/mol. The zero-order valence-electron chi connectivity index (χ0n) is 58.7. The summed E-state index contributed by atoms with van der Waals surface area (Å²) in [7, 11) is 22.6. The van der Waals surface area contributed by atoms with E-state index < -0.39 is 27.0 Å². The first-order chi connectivity index (χ1) is 48.5. The van der Waals surface area contributed by atoms with Gasteiger partial charge in [-0.1, -0.05) is 91.1 Å². The van der Waals surface area contributed by atoms with Crippen LogP contribution < -0.4 is 19.6 Å². The molecule has 3 aliphatic carbocycles. The number of aromatic nitrogens is 3. The third-order valence-electron chi connectivity index (χ3n) is 17.8. The minimum atomic E-state index is -1.61. The van der Waals surface area contributed by atoms with Crippen LogP contribution in [0.4, 0.5) is 22.7 Å². The number of benzene rings is 6. The van der Waals surface area contributed by atoms with Crippen LogP contribution in [0, 0.1) is 54.9 Å². The molecule has 0 atom stereocenters. The number of aryl methyl sites for hydroxylation is 6. The Hall–Kier alpha value is -4.01. The van der Waals surface area contributed by atoms with Gasteiger partial charge in [0.15, 0.2) is 0 Å². The molecule has 0 amide bonds. The predicted octanol–water partition coefficient (Wildman–Crippen LogP) is 25.4. The second-order valence-electron chi connectivity index (χ2n) is 25.6. The van der Waals surface area contributed by atoms with Crippen molar-refractivity contribution in [2.45, 2.75) is 155 Å². The van der Waals surface area contributed by atoms with E-state index in [9.17, 15) is 0 Å². The van der Waals surface area contributed by atoms with Crippen LogP contribution in [0.2, 0.25) is 0 Å². The molecule has 17 heteroatoms. The Morgan fingerprint density at radius 1 is 0.370 bits per heavy atom. The van der Waals surface area contributed by atoms with E-state index >= 15 is 0 Å². The minimum absolute atomic E-state index is 0.0465. The standard InChI is InChI=1S/C21H27N2.C18H33P.C15H15N2.2C7H6.3C5H4BrN.4ClH.2Ru/c1-14-9-16(3)20(17(4)10-14)22-7-8-23(13-22)21-18(5)11-15(2)12-19(21)6;1-4-10-16(11-5-1)19(17-12-6-2-7-13-17)18-14-8-3-9-15-18;1-3-7-14(8-4-1)16-11-12-17(13-16)15-9-5-2-6-10-15;2*1-7-5-3-2-4-6-7;3*6-5-2-1-3-7-4-5;;;;;;/h9-13H,7-8H2,1-6H3;16-18H,1-15H2;1-10,13H,11-12H2;2*1-6H;3*1-4H;4*1H;;/q-1;;-1;;;;;;;;;;2*+2/p-3. The number of hydrogen-bond acceptors (Lipinski definition) is 7. The molecule has 3 saturated carbocycles. The molecule has 2 saturated heterocycles. The summed E-state index contributed by atoms with van der Waals surface area (Å²) >= 11 is 6.52. The van der Waals surface area contributed by atoms with E-state index in [4.69, 9.17) is 38.8 Å². The summed E-state index contributed by atoms with van der Waals surface area (Å²) in [6.07, 6.45) is 34.3. The number of halogens is 7. The number of nitrogens with zero attached hydrogens (tertiary/aromatic N) is 7. The number of pyridine rings is 3. The van der Waals surface area contributed by atoms with Gasteiger partial charge in [0.25, 0.3) is 0 Å². The summed E-state index contributed by atoms with van der Waals surface area (Å²) in [6, 6.07) is 61.3. The molecule has 538 valence electrons. The van der Waals surface area contributed by atoms with Crippen molar-refractivity contribution < 1.29 is 27.0 Å². The normalized spacial score (nSPS) is 15.5. The molecule has 5 aliphatic rings. The first-order valence-corrected chi connectivity index (χ1v) is 49.9. The van der Waals surface area contributed by atoms with Crippen molar-refractivity contribution >= 4 is 126 Å². The molecule has 2 aliphatic heterocycles. The Kier molecular flexibility index (Phi) is 39.5. The Morgan fingerprint density at radius 2 is 0.640 bits per heavy atom. The van der Waals surface area contributed by atoms with Gasteiger partial charge in [-0.2, -0.15) is 13.3 Å². The molecule has 100 heavy (non-hydrogen) atoms. The Bertz CT molecular complexity index is 3420. The van der Waals surface area contributed by atoms with Crippen molar-refractivity contribution in [2.75, 3.05) is 45.8 Å². The summed E-state index contributed by atoms with van der Waals surface area (Å²) in [6.45, 7) is 21.8. The van der Waals surface area contributed by atoms with E-state index in [1.54, 1.807) is 133 Å². The Morgan fingerprint density at radius 3 is 0.890 bits per heavy atom. The van der Waals surface area contributed by atoms with Crippen LogP contribution >= 0.6 is 94.5 Å². The van der Waals surface area contributed by atoms with Crippen LogP contribution in [-0.4, -0.2) is 67.3 Å². The summed E-state index contributed by atoms with van der Waals surface area (Å²) in [5, 5.41) is 0. The maximum Gasteiger partial charge on any atom is 0.00858 e. The molecule has 0 N–H and O–H groups in total. The van der Waals surface area contributed by atoms with Gasteiger partial charge in [-0.05, 0) is 249 Å². The number of rotatable bonds is 9. The SMILES string of the molecule is Brc1cccnc1.Brc1cccnc1.Brc1cccnc1.C1CCC([PH+](C2CCCCC2)C2CCCCC2)CC1.Cc1cc(C)c(N2[CH-]N(c3c(C)cc(C)cc3C)CC2)c(C)c1.[Cl][Ru]([Cl])=[CH]c1ccccc1.[Cl][Ru]([Cl])=[CH]c1ccccc1.c1ccc(N2[CH-]N(c3ccccc3)CC2)cc1. The van der Waals surface area contributed by atoms with Crippen molar-refractivity contribution in [3.63, 3.8) is 0 Å². The van der Waals surface area contributed by atoms with Crippen molar-refractivity contribution in [3.8, 4) is 0 Å². The van der Waals surface area contributed by atoms with Crippen LogP contribution in [0.3, 0.4) is 0 Å². The fourth-order valence-electron chi connectivity index (χ4n) is 13.8. The molecule has 0 spiro atoms. The maximum atomic E-state index is 5.67. The third-order valence-corrected chi connectivity index (χ3v) is 27.5. The van der Waals surface area contributed by atoms with Crippen LogP contribution in [0.1, 0.15) is 141 Å². The first kappa shape index (κ1) is 83.3. The maximum absolute atomic E-state index is 5.67. The zero-order chi connectivity index (χ0) is 71.3. The van der Waals surface area contributed by atoms with Crippen LogP contribution in [-0.2, 0) is 27.0 Å². The van der Waals surface area contributed by atoms with E-state index in [2.05, 4.69) is 222 Å². The molecule has 3 aromatic heterocycles. The van der Waals surface area contributed by atoms with Gasteiger partial charge in [0, 0.05) is 107 Å². The first-order valence-electron chi connectivity index (χ1n) is 34.8. The summed E-state index contributed by atoms with van der Waals surface area (Å²) in [5.41, 5.74) is 19.3. The second kappa shape index (κ2) is 47.4. The molecule has 5 fully saturated rings. The number of para-hydroxylation sites is 2. The Balaban J connectivity index is 0.000000167. The average Bonchev–Trinajstić information content (AvgIpc) is 1.61. The van der Waals surface area contributed by atoms with Gasteiger partial charge in [-0.15, -0.1) is 0 Å². The fraction of sp³-hybridized carbons (Fsp3) is 0.337. The molecular formula is C83H100Br3Cl4N7PRu2-. The molecule has 0 unspecified atom stereocenters. The molecule has 0 bridgehead atoms. The van der Waals surface area contributed by atoms with Crippen molar-refractivity contribution in [3.05, 3.63) is 290 Å². The van der Waals surface area contributed by atoms with Gasteiger partial charge in [0.05, 0.1) is 17.0 Å². The van der Waals surface area contributed by atoms with Gasteiger partial charge in [0.1, 0.15) is 0 Å². The number of anilines is 4. The predicted molar refractivity (Wildman–Crippen MR) is 444 cm³/mol. The second-order valence-corrected chi connectivity index (χ2v) is 43.3. The van der Waals surface area contributed by atoms with E-state index in [-0.39, 0.29) is 7.92 Å². The topological polar surface area (TPSA) is 51.6 Å². The van der Waals surface area contributed by atoms with Crippen molar-refractivity contribution in [1.29, 1.82) is 0 Å². The van der Waals surface area contributed by atoms with Crippen molar-refractivity contribution in [2.24, 2.45) is 0 Å².